The molecular weight excluding hydrogens is 278 g/mol. The molecule has 5 heteroatoms. The van der Waals surface area contributed by atoms with Crippen LogP contribution in [0.1, 0.15) is 42.7 Å². The highest BCUT2D eigenvalue weighted by molar-refractivity contribution is 5.91. The first kappa shape index (κ1) is 14.4. The maximum atomic E-state index is 12.2. The van der Waals surface area contributed by atoms with Gasteiger partial charge in [0.1, 0.15) is 5.82 Å². The fourth-order valence-corrected chi connectivity index (χ4v) is 2.49. The van der Waals surface area contributed by atoms with Gasteiger partial charge in [0.2, 0.25) is 0 Å². The fraction of sp³-hybridized carbons (Fsp3) is 0.294. The second-order valence-corrected chi connectivity index (χ2v) is 5.77. The molecule has 0 spiro atoms. The lowest BCUT2D eigenvalue weighted by atomic mass is 10.0. The molecular formula is C17H19N3O2. The molecule has 1 atom stereocenters. The summed E-state index contributed by atoms with van der Waals surface area (Å²) in [4.78, 5) is 20.1. The summed E-state index contributed by atoms with van der Waals surface area (Å²) in [5.41, 5.74) is 1.87. The average Bonchev–Trinajstić information content (AvgIpc) is 3.15. The van der Waals surface area contributed by atoms with Crippen molar-refractivity contribution >= 4 is 16.9 Å². The first-order valence-electron chi connectivity index (χ1n) is 7.42. The van der Waals surface area contributed by atoms with E-state index in [1.54, 1.807) is 12.1 Å². The number of benzene rings is 1. The van der Waals surface area contributed by atoms with E-state index in [1.165, 1.54) is 6.26 Å². The van der Waals surface area contributed by atoms with Crippen molar-refractivity contribution in [1.82, 2.24) is 15.3 Å². The minimum absolute atomic E-state index is 0.176. The molecule has 2 N–H and O–H groups in total. The van der Waals surface area contributed by atoms with E-state index < -0.39 is 0 Å². The Morgan fingerprint density at radius 1 is 1.27 bits per heavy atom. The van der Waals surface area contributed by atoms with Crippen molar-refractivity contribution in [2.75, 3.05) is 0 Å². The van der Waals surface area contributed by atoms with E-state index in [2.05, 4.69) is 29.1 Å². The van der Waals surface area contributed by atoms with Gasteiger partial charge in [-0.15, -0.1) is 0 Å². The first-order chi connectivity index (χ1) is 10.6. The highest BCUT2D eigenvalue weighted by Crippen LogP contribution is 2.22. The van der Waals surface area contributed by atoms with Crippen molar-refractivity contribution in [3.8, 4) is 0 Å². The van der Waals surface area contributed by atoms with Gasteiger partial charge in [0, 0.05) is 0 Å². The number of carbonyl (C=O) groups is 1. The van der Waals surface area contributed by atoms with Gasteiger partial charge in [-0.3, -0.25) is 4.79 Å². The number of aromatic nitrogens is 2. The molecule has 0 saturated carbocycles. The molecule has 1 amide bonds. The van der Waals surface area contributed by atoms with E-state index in [-0.39, 0.29) is 11.9 Å². The van der Waals surface area contributed by atoms with Crippen LogP contribution in [0.2, 0.25) is 0 Å². The topological polar surface area (TPSA) is 70.9 Å². The third-order valence-corrected chi connectivity index (χ3v) is 3.50. The van der Waals surface area contributed by atoms with Gasteiger partial charge in [-0.25, -0.2) is 4.98 Å². The van der Waals surface area contributed by atoms with Crippen molar-refractivity contribution < 1.29 is 9.21 Å². The number of para-hydroxylation sites is 2. The third kappa shape index (κ3) is 3.03. The van der Waals surface area contributed by atoms with Gasteiger partial charge >= 0.3 is 0 Å². The zero-order valence-corrected chi connectivity index (χ0v) is 12.7. The molecule has 22 heavy (non-hydrogen) atoms. The molecule has 0 aliphatic carbocycles. The lowest BCUT2D eigenvalue weighted by Crippen LogP contribution is -2.30. The van der Waals surface area contributed by atoms with E-state index in [9.17, 15) is 4.79 Å². The van der Waals surface area contributed by atoms with Crippen LogP contribution < -0.4 is 5.32 Å². The van der Waals surface area contributed by atoms with Gasteiger partial charge in [0.05, 0.1) is 23.3 Å². The van der Waals surface area contributed by atoms with Crippen molar-refractivity contribution in [3.63, 3.8) is 0 Å². The van der Waals surface area contributed by atoms with Crippen molar-refractivity contribution in [1.29, 1.82) is 0 Å². The largest absolute Gasteiger partial charge is 0.459 e. The molecule has 2 aromatic heterocycles. The quantitative estimate of drug-likeness (QED) is 0.754. The monoisotopic (exact) mass is 297 g/mol. The van der Waals surface area contributed by atoms with Crippen LogP contribution in [0.25, 0.3) is 11.0 Å². The molecule has 0 bridgehead atoms. The van der Waals surface area contributed by atoms with Gasteiger partial charge < -0.3 is 14.7 Å². The Morgan fingerprint density at radius 2 is 2.09 bits per heavy atom. The lowest BCUT2D eigenvalue weighted by molar-refractivity contribution is 0.0902. The summed E-state index contributed by atoms with van der Waals surface area (Å²) in [6.45, 7) is 4.24. The predicted molar refractivity (Wildman–Crippen MR) is 84.5 cm³/mol. The van der Waals surface area contributed by atoms with E-state index in [0.717, 1.165) is 23.3 Å². The molecule has 0 saturated heterocycles. The van der Waals surface area contributed by atoms with Gasteiger partial charge in [-0.1, -0.05) is 26.0 Å². The number of rotatable bonds is 5. The van der Waals surface area contributed by atoms with Crippen LogP contribution in [0.15, 0.2) is 47.1 Å². The highest BCUT2D eigenvalue weighted by Gasteiger charge is 2.21. The average molecular weight is 297 g/mol. The highest BCUT2D eigenvalue weighted by atomic mass is 16.3. The first-order valence-corrected chi connectivity index (χ1v) is 7.42. The van der Waals surface area contributed by atoms with Crippen LogP contribution in [-0.4, -0.2) is 15.9 Å². The fourth-order valence-electron chi connectivity index (χ4n) is 2.49. The second kappa shape index (κ2) is 6.05. The van der Waals surface area contributed by atoms with E-state index in [4.69, 9.17) is 4.42 Å². The SMILES string of the molecule is CC(C)C[C@H](NC(=O)c1ccco1)c1nc2ccccc2[nH]1. The Hall–Kier alpha value is -2.56. The number of hydrogen-bond acceptors (Lipinski definition) is 3. The van der Waals surface area contributed by atoms with E-state index in [1.807, 2.05) is 24.3 Å². The minimum Gasteiger partial charge on any atom is -0.459 e. The summed E-state index contributed by atoms with van der Waals surface area (Å²) in [7, 11) is 0. The number of hydrogen-bond donors (Lipinski definition) is 2. The molecule has 0 unspecified atom stereocenters. The number of H-pyrrole nitrogens is 1. The maximum Gasteiger partial charge on any atom is 0.287 e. The number of amides is 1. The number of nitrogens with zero attached hydrogens (tertiary/aromatic N) is 1. The molecule has 0 aliphatic rings. The number of nitrogens with one attached hydrogen (secondary N) is 2. The van der Waals surface area contributed by atoms with Crippen LogP contribution in [0.5, 0.6) is 0 Å². The van der Waals surface area contributed by atoms with Crippen molar-refractivity contribution in [3.05, 3.63) is 54.2 Å². The predicted octanol–water partition coefficient (Wildman–Crippen LogP) is 3.67. The zero-order chi connectivity index (χ0) is 15.5. The smallest absolute Gasteiger partial charge is 0.287 e. The Morgan fingerprint density at radius 3 is 2.77 bits per heavy atom. The summed E-state index contributed by atoms with van der Waals surface area (Å²) in [6, 6.07) is 11.0. The van der Waals surface area contributed by atoms with Gasteiger partial charge in [-0.2, -0.15) is 0 Å². The Balaban J connectivity index is 1.87. The van der Waals surface area contributed by atoms with Crippen molar-refractivity contribution in [2.45, 2.75) is 26.3 Å². The molecule has 1 aromatic carbocycles. The Labute approximate surface area is 128 Å². The van der Waals surface area contributed by atoms with Crippen LogP contribution >= 0.6 is 0 Å². The normalized spacial score (nSPS) is 12.7. The van der Waals surface area contributed by atoms with Crippen LogP contribution in [0.3, 0.4) is 0 Å². The summed E-state index contributed by atoms with van der Waals surface area (Å²) >= 11 is 0. The Bertz CT molecular complexity index is 726. The number of imidazole rings is 1. The van der Waals surface area contributed by atoms with Crippen LogP contribution in [0.4, 0.5) is 0 Å². The summed E-state index contributed by atoms with van der Waals surface area (Å²) in [5.74, 6) is 1.28. The Kier molecular flexibility index (Phi) is 3.96. The number of aromatic amines is 1. The number of furan rings is 1. The molecule has 0 radical (unpaired) electrons. The summed E-state index contributed by atoms with van der Waals surface area (Å²) in [5, 5.41) is 3.00. The minimum atomic E-state index is -0.226. The second-order valence-electron chi connectivity index (χ2n) is 5.77. The standard InChI is InChI=1S/C17H19N3O2/c1-11(2)10-14(20-17(21)15-8-5-9-22-15)16-18-12-6-3-4-7-13(12)19-16/h3-9,11,14H,10H2,1-2H3,(H,18,19)(H,20,21)/t14-/m0/s1. The molecule has 5 nitrogen and oxygen atoms in total. The molecule has 114 valence electrons. The molecule has 3 aromatic rings. The third-order valence-electron chi connectivity index (χ3n) is 3.50. The zero-order valence-electron chi connectivity index (χ0n) is 12.7. The number of fused-ring (bicyclic) bond motifs is 1. The van der Waals surface area contributed by atoms with Gasteiger partial charge in [0.25, 0.3) is 5.91 Å². The molecule has 3 rings (SSSR count). The molecule has 0 fully saturated rings. The van der Waals surface area contributed by atoms with Gasteiger partial charge in [0.15, 0.2) is 5.76 Å². The van der Waals surface area contributed by atoms with Crippen molar-refractivity contribution in [2.24, 2.45) is 5.92 Å². The van der Waals surface area contributed by atoms with Crippen LogP contribution in [0, 0.1) is 5.92 Å². The number of carbonyl (C=O) groups excluding carboxylic acids is 1. The van der Waals surface area contributed by atoms with Crippen LogP contribution in [-0.2, 0) is 0 Å². The lowest BCUT2D eigenvalue weighted by Gasteiger charge is -2.18. The summed E-state index contributed by atoms with van der Waals surface area (Å²) in [6.07, 6.45) is 2.29. The maximum absolute atomic E-state index is 12.2. The van der Waals surface area contributed by atoms with E-state index in [0.29, 0.717) is 11.7 Å². The van der Waals surface area contributed by atoms with E-state index >= 15 is 0 Å². The molecule has 2 heterocycles. The van der Waals surface area contributed by atoms with Gasteiger partial charge in [-0.05, 0) is 36.6 Å². The summed E-state index contributed by atoms with van der Waals surface area (Å²) < 4.78 is 5.15. The molecule has 0 aliphatic heterocycles.